The van der Waals surface area contributed by atoms with Gasteiger partial charge in [-0.25, -0.2) is 14.1 Å². The number of nitrogens with zero attached hydrogens (tertiary/aromatic N) is 3. The minimum Gasteiger partial charge on any atom is -1.00 e. The van der Waals surface area contributed by atoms with Gasteiger partial charge in [0, 0.05) is 6.92 Å². The molecule has 21 heavy (non-hydrogen) atoms. The number of aliphatic hydroxyl groups excluding tert-OH is 1. The third-order valence-corrected chi connectivity index (χ3v) is 2.15. The van der Waals surface area contributed by atoms with Crippen molar-refractivity contribution in [3.63, 3.8) is 0 Å². The predicted octanol–water partition coefficient (Wildman–Crippen LogP) is -6.00. The fraction of sp³-hybridized carbons (Fsp3) is 0.571. The number of aliphatic hydroxyl groups is 1. The van der Waals surface area contributed by atoms with Crippen molar-refractivity contribution in [2.45, 2.75) is 19.6 Å². The van der Waals surface area contributed by atoms with Crippen molar-refractivity contribution in [1.82, 2.24) is 9.55 Å². The van der Waals surface area contributed by atoms with E-state index in [1.807, 2.05) is 0 Å². The normalized spacial score (nSPS) is 11.3. The van der Waals surface area contributed by atoms with E-state index in [0.717, 1.165) is 6.20 Å². The Balaban J connectivity index is -0.000000107. The molecule has 10 nitrogen and oxygen atoms in total. The van der Waals surface area contributed by atoms with E-state index in [2.05, 4.69) is 4.98 Å². The average Bonchev–Trinajstić information content (AvgIpc) is 2.58. The molecule has 0 aromatic carbocycles. The van der Waals surface area contributed by atoms with Gasteiger partial charge in [0.15, 0.2) is 5.82 Å². The van der Waals surface area contributed by atoms with Gasteiger partial charge >= 0.3 is 72.8 Å². The van der Waals surface area contributed by atoms with E-state index in [4.69, 9.17) is 30.8 Å². The van der Waals surface area contributed by atoms with Crippen LogP contribution in [0.3, 0.4) is 0 Å². The molecule has 4 N–H and O–H groups in total. The van der Waals surface area contributed by atoms with Crippen LogP contribution in [0, 0.1) is 17.0 Å². The molecular weight excluding hydrogens is 350 g/mol. The molecule has 0 saturated heterocycles. The Hall–Kier alpha value is 0.970. The summed E-state index contributed by atoms with van der Waals surface area (Å²) in [7, 11) is -4.64. The summed E-state index contributed by atoms with van der Waals surface area (Å²) in [5, 5.41) is 19.8. The summed E-state index contributed by atoms with van der Waals surface area (Å²) in [5.41, 5.74) is 0. The standard InChI is InChI=1S/C7H10ClN3O3.2Na.H3O4P.2H/c1-5-9-3-7(11(13)14)10(5)4-6(12)2-8;;;1-5(2,3)4;;/h3,6,12H,2,4H2,1H3;;;(H3,1,2,3,4);;/q;2*+1;;2*-1. The zero-order valence-corrected chi connectivity index (χ0v) is 17.4. The molecule has 114 valence electrons. The number of hydrogen-bond acceptors (Lipinski definition) is 5. The maximum Gasteiger partial charge on any atom is 1.00 e. The van der Waals surface area contributed by atoms with Gasteiger partial charge in [-0.15, -0.1) is 11.6 Å². The summed E-state index contributed by atoms with van der Waals surface area (Å²) in [5.74, 6) is 0.391. The molecule has 1 unspecified atom stereocenters. The SMILES string of the molecule is Cc1ncc([N+](=O)[O-])n1CC(O)CCl.O=P(O)(O)O.[H-].[H-].[Na+].[Na+]. The van der Waals surface area contributed by atoms with Crippen LogP contribution < -0.4 is 59.1 Å². The molecule has 1 heterocycles. The van der Waals surface area contributed by atoms with Gasteiger partial charge in [0.2, 0.25) is 0 Å². The summed E-state index contributed by atoms with van der Waals surface area (Å²) < 4.78 is 10.2. The number of alkyl halides is 1. The third kappa shape index (κ3) is 13.1. The van der Waals surface area contributed by atoms with E-state index in [-0.39, 0.29) is 80.2 Å². The third-order valence-electron chi connectivity index (χ3n) is 1.79. The molecule has 0 amide bonds. The van der Waals surface area contributed by atoms with E-state index in [1.165, 1.54) is 4.57 Å². The van der Waals surface area contributed by atoms with Gasteiger partial charge < -0.3 is 32.8 Å². The van der Waals surface area contributed by atoms with Crippen LogP contribution in [-0.2, 0) is 11.1 Å². The van der Waals surface area contributed by atoms with Crippen molar-refractivity contribution in [2.24, 2.45) is 0 Å². The van der Waals surface area contributed by atoms with Crippen LogP contribution in [0.4, 0.5) is 5.82 Å². The number of aromatic nitrogens is 2. The van der Waals surface area contributed by atoms with Crippen LogP contribution in [0.5, 0.6) is 0 Å². The summed E-state index contributed by atoms with van der Waals surface area (Å²) >= 11 is 5.40. The monoisotopic (exact) mass is 365 g/mol. The first-order valence-corrected chi connectivity index (χ1v) is 6.85. The molecule has 0 saturated carbocycles. The van der Waals surface area contributed by atoms with E-state index in [0.29, 0.717) is 5.82 Å². The Labute approximate surface area is 172 Å². The van der Waals surface area contributed by atoms with Gasteiger partial charge in [-0.3, -0.25) is 0 Å². The Morgan fingerprint density at radius 2 is 1.95 bits per heavy atom. The van der Waals surface area contributed by atoms with E-state index < -0.39 is 18.8 Å². The molecule has 1 aromatic rings. The van der Waals surface area contributed by atoms with E-state index in [1.54, 1.807) is 6.92 Å². The topological polar surface area (TPSA) is 159 Å². The van der Waals surface area contributed by atoms with Crippen molar-refractivity contribution >= 4 is 25.2 Å². The number of halogens is 1. The van der Waals surface area contributed by atoms with Crippen LogP contribution in [-0.4, -0.2) is 46.2 Å². The minimum atomic E-state index is -4.64. The first-order valence-electron chi connectivity index (χ1n) is 4.75. The molecule has 0 bridgehead atoms. The van der Waals surface area contributed by atoms with Crippen LogP contribution in [0.15, 0.2) is 6.20 Å². The molecule has 0 aliphatic rings. The van der Waals surface area contributed by atoms with Crippen LogP contribution in [0.1, 0.15) is 8.68 Å². The summed E-state index contributed by atoms with van der Waals surface area (Å²) in [6, 6.07) is 0. The van der Waals surface area contributed by atoms with Crippen molar-refractivity contribution in [1.29, 1.82) is 0 Å². The summed E-state index contributed by atoms with van der Waals surface area (Å²) in [4.78, 5) is 35.3. The fourth-order valence-electron chi connectivity index (χ4n) is 1.09. The van der Waals surface area contributed by atoms with E-state index in [9.17, 15) is 15.2 Å². The second-order valence-corrected chi connectivity index (χ2v) is 4.69. The molecule has 0 aliphatic heterocycles. The Morgan fingerprint density at radius 3 is 2.29 bits per heavy atom. The maximum absolute atomic E-state index is 10.5. The molecule has 0 spiro atoms. The first-order chi connectivity index (χ1) is 8.56. The second kappa shape index (κ2) is 12.4. The minimum absolute atomic E-state index is 0. The van der Waals surface area contributed by atoms with Crippen LogP contribution >= 0.6 is 19.4 Å². The number of hydrogen-bond donors (Lipinski definition) is 4. The number of aryl methyl sites for hydroxylation is 1. The van der Waals surface area contributed by atoms with Crippen LogP contribution in [0.25, 0.3) is 0 Å². The largest absolute Gasteiger partial charge is 1.00 e. The van der Waals surface area contributed by atoms with Gasteiger partial charge in [-0.1, -0.05) is 0 Å². The zero-order chi connectivity index (χ0) is 15.2. The Bertz CT molecular complexity index is 484. The Kier molecular flexibility index (Phi) is 15.9. The molecule has 1 atom stereocenters. The first kappa shape index (κ1) is 26.8. The van der Waals surface area contributed by atoms with Gasteiger partial charge in [0.25, 0.3) is 0 Å². The zero-order valence-electron chi connectivity index (χ0n) is 13.7. The Morgan fingerprint density at radius 1 is 1.52 bits per heavy atom. The van der Waals surface area contributed by atoms with Gasteiger partial charge in [-0.2, -0.15) is 0 Å². The molecule has 0 radical (unpaired) electrons. The van der Waals surface area contributed by atoms with Gasteiger partial charge in [0.05, 0.1) is 5.88 Å². The van der Waals surface area contributed by atoms with Crippen LogP contribution in [0.2, 0.25) is 0 Å². The van der Waals surface area contributed by atoms with Crippen molar-refractivity contribution in [3.8, 4) is 0 Å². The maximum atomic E-state index is 10.5. The summed E-state index contributed by atoms with van der Waals surface area (Å²) in [6.07, 6.45) is 0.360. The average molecular weight is 366 g/mol. The molecule has 0 aliphatic carbocycles. The number of nitro groups is 1. The van der Waals surface area contributed by atoms with Crippen molar-refractivity contribution in [2.75, 3.05) is 5.88 Å². The smallest absolute Gasteiger partial charge is 1.00 e. The fourth-order valence-corrected chi connectivity index (χ4v) is 1.18. The molecule has 1 aromatic heterocycles. The van der Waals surface area contributed by atoms with Gasteiger partial charge in [0.1, 0.15) is 18.8 Å². The predicted molar refractivity (Wildman–Crippen MR) is 66.8 cm³/mol. The molecule has 1 rings (SSSR count). The van der Waals surface area contributed by atoms with Crippen molar-refractivity contribution < 1.29 is 91.2 Å². The number of rotatable bonds is 4. The van der Waals surface area contributed by atoms with Gasteiger partial charge in [-0.05, 0) is 4.92 Å². The molecule has 14 heteroatoms. The van der Waals surface area contributed by atoms with E-state index >= 15 is 0 Å². The molecule has 0 fully saturated rings. The quantitative estimate of drug-likeness (QED) is 0.135. The summed E-state index contributed by atoms with van der Waals surface area (Å²) in [6.45, 7) is 1.72. The second-order valence-electron chi connectivity index (χ2n) is 3.35. The van der Waals surface area contributed by atoms with Crippen molar-refractivity contribution in [3.05, 3.63) is 22.1 Å². The number of phosphoric acid groups is 1. The molecular formula is C7H15ClN3Na2O7P. The number of imidazole rings is 1.